The van der Waals surface area contributed by atoms with Gasteiger partial charge in [0, 0.05) is 24.6 Å². The van der Waals surface area contributed by atoms with E-state index in [1.165, 1.54) is 6.92 Å². The fourth-order valence-corrected chi connectivity index (χ4v) is 4.18. The maximum absolute atomic E-state index is 12.8. The van der Waals surface area contributed by atoms with Crippen molar-refractivity contribution in [3.05, 3.63) is 28.3 Å². The zero-order valence-electron chi connectivity index (χ0n) is 14.3. The highest BCUT2D eigenvalue weighted by Crippen LogP contribution is 2.38. The SMILES string of the molecule is CC[C@H]1CN(C(=O)c2ccc(-c3noc(C(F)(F)F)c3C)s2)CC[C@H]1O. The molecule has 1 fully saturated rings. The van der Waals surface area contributed by atoms with Crippen molar-refractivity contribution < 1.29 is 27.6 Å². The van der Waals surface area contributed by atoms with E-state index in [2.05, 4.69) is 9.68 Å². The minimum absolute atomic E-state index is 0.0410. The number of likely N-dealkylation sites (tertiary alicyclic amines) is 1. The molecule has 3 heterocycles. The van der Waals surface area contributed by atoms with Crippen molar-refractivity contribution in [1.29, 1.82) is 0 Å². The smallest absolute Gasteiger partial charge is 0.393 e. The van der Waals surface area contributed by atoms with Crippen molar-refractivity contribution in [1.82, 2.24) is 10.1 Å². The minimum atomic E-state index is -4.60. The highest BCUT2D eigenvalue weighted by Gasteiger charge is 2.39. The number of nitrogens with zero attached hydrogens (tertiary/aromatic N) is 2. The van der Waals surface area contributed by atoms with Gasteiger partial charge in [0.2, 0.25) is 5.76 Å². The molecule has 0 radical (unpaired) electrons. The molecule has 0 aromatic carbocycles. The summed E-state index contributed by atoms with van der Waals surface area (Å²) >= 11 is 1.09. The number of aliphatic hydroxyl groups excluding tert-OH is 1. The van der Waals surface area contributed by atoms with E-state index in [-0.39, 0.29) is 23.1 Å². The number of halogens is 3. The summed E-state index contributed by atoms with van der Waals surface area (Å²) in [4.78, 5) is 15.3. The normalized spacial score (nSPS) is 21.2. The number of thiophene rings is 1. The average molecular weight is 388 g/mol. The summed E-state index contributed by atoms with van der Waals surface area (Å²) in [5.74, 6) is -1.26. The van der Waals surface area contributed by atoms with Gasteiger partial charge in [-0.05, 0) is 31.9 Å². The fraction of sp³-hybridized carbons (Fsp3) is 0.529. The molecule has 2 aromatic rings. The number of aromatic nitrogens is 1. The molecule has 1 amide bonds. The van der Waals surface area contributed by atoms with E-state index in [4.69, 9.17) is 0 Å². The van der Waals surface area contributed by atoms with Gasteiger partial charge in [0.1, 0.15) is 5.69 Å². The topological polar surface area (TPSA) is 66.6 Å². The molecule has 26 heavy (non-hydrogen) atoms. The van der Waals surface area contributed by atoms with Crippen molar-refractivity contribution in [2.24, 2.45) is 5.92 Å². The van der Waals surface area contributed by atoms with Crippen LogP contribution >= 0.6 is 11.3 Å². The summed E-state index contributed by atoms with van der Waals surface area (Å²) in [5.41, 5.74) is 0.00682. The zero-order valence-corrected chi connectivity index (χ0v) is 15.2. The molecule has 1 aliphatic rings. The average Bonchev–Trinajstić information content (AvgIpc) is 3.20. The van der Waals surface area contributed by atoms with Gasteiger partial charge < -0.3 is 14.5 Å². The molecule has 0 aliphatic carbocycles. The molecular formula is C17H19F3N2O3S. The van der Waals surface area contributed by atoms with Gasteiger partial charge in [-0.25, -0.2) is 0 Å². The van der Waals surface area contributed by atoms with Crippen LogP contribution < -0.4 is 0 Å². The molecule has 0 bridgehead atoms. The first kappa shape index (κ1) is 18.9. The Kier molecular flexibility index (Phi) is 5.12. The summed E-state index contributed by atoms with van der Waals surface area (Å²) in [6.45, 7) is 4.21. The van der Waals surface area contributed by atoms with E-state index in [0.29, 0.717) is 29.3 Å². The van der Waals surface area contributed by atoms with Gasteiger partial charge in [-0.2, -0.15) is 13.2 Å². The van der Waals surface area contributed by atoms with Crippen molar-refractivity contribution in [2.45, 2.75) is 39.0 Å². The van der Waals surface area contributed by atoms with E-state index in [1.54, 1.807) is 17.0 Å². The van der Waals surface area contributed by atoms with Crippen LogP contribution in [0.1, 0.15) is 40.8 Å². The summed E-state index contributed by atoms with van der Waals surface area (Å²) in [6.07, 6.45) is -3.70. The Morgan fingerprint density at radius 3 is 2.81 bits per heavy atom. The molecule has 3 rings (SSSR count). The fourth-order valence-electron chi connectivity index (χ4n) is 3.17. The van der Waals surface area contributed by atoms with Gasteiger partial charge in [-0.1, -0.05) is 12.1 Å². The standard InChI is InChI=1S/C17H19F3N2O3S/c1-3-10-8-22(7-6-11(10)23)16(24)13-5-4-12(26-13)14-9(2)15(25-21-14)17(18,19)20/h4-5,10-11,23H,3,6-8H2,1-2H3/t10-,11+/m0/s1. The van der Waals surface area contributed by atoms with Crippen LogP contribution in [0.25, 0.3) is 10.6 Å². The van der Waals surface area contributed by atoms with Crippen molar-refractivity contribution in [2.75, 3.05) is 13.1 Å². The number of rotatable bonds is 3. The monoisotopic (exact) mass is 388 g/mol. The summed E-state index contributed by atoms with van der Waals surface area (Å²) in [6, 6.07) is 3.18. The van der Waals surface area contributed by atoms with Crippen molar-refractivity contribution in [3.8, 4) is 10.6 Å². The van der Waals surface area contributed by atoms with E-state index in [0.717, 1.165) is 17.8 Å². The third-order valence-corrected chi connectivity index (χ3v) is 5.82. The number of alkyl halides is 3. The Balaban J connectivity index is 1.80. The number of amides is 1. The maximum Gasteiger partial charge on any atom is 0.452 e. The van der Waals surface area contributed by atoms with Crippen LogP contribution in [-0.2, 0) is 6.18 Å². The van der Waals surface area contributed by atoms with Gasteiger partial charge in [-0.15, -0.1) is 11.3 Å². The van der Waals surface area contributed by atoms with Crippen LogP contribution in [-0.4, -0.2) is 40.3 Å². The molecular weight excluding hydrogens is 369 g/mol. The molecule has 142 valence electrons. The number of aliphatic hydroxyl groups is 1. The first-order valence-corrected chi connectivity index (χ1v) is 9.15. The molecule has 0 saturated carbocycles. The Labute approximate surface area is 152 Å². The molecule has 9 heteroatoms. The van der Waals surface area contributed by atoms with Crippen LogP contribution in [0.5, 0.6) is 0 Å². The van der Waals surface area contributed by atoms with E-state index in [9.17, 15) is 23.1 Å². The van der Waals surface area contributed by atoms with Crippen LogP contribution in [0.4, 0.5) is 13.2 Å². The van der Waals surface area contributed by atoms with E-state index >= 15 is 0 Å². The first-order chi connectivity index (χ1) is 12.2. The quantitative estimate of drug-likeness (QED) is 0.864. The molecule has 0 spiro atoms. The predicted molar refractivity (Wildman–Crippen MR) is 89.9 cm³/mol. The molecule has 1 aliphatic heterocycles. The second-order valence-electron chi connectivity index (χ2n) is 6.42. The van der Waals surface area contributed by atoms with Gasteiger partial charge in [0.05, 0.1) is 15.9 Å². The highest BCUT2D eigenvalue weighted by molar-refractivity contribution is 7.17. The molecule has 1 N–H and O–H groups in total. The molecule has 2 atom stereocenters. The Bertz CT molecular complexity index is 800. The Hall–Kier alpha value is -1.87. The van der Waals surface area contributed by atoms with Crippen LogP contribution in [0.15, 0.2) is 16.7 Å². The minimum Gasteiger partial charge on any atom is -0.393 e. The van der Waals surface area contributed by atoms with Crippen LogP contribution in [0.3, 0.4) is 0 Å². The zero-order chi connectivity index (χ0) is 19.1. The number of hydrogen-bond acceptors (Lipinski definition) is 5. The summed E-state index contributed by atoms with van der Waals surface area (Å²) in [7, 11) is 0. The van der Waals surface area contributed by atoms with Gasteiger partial charge in [0.25, 0.3) is 5.91 Å². The van der Waals surface area contributed by atoms with Crippen molar-refractivity contribution in [3.63, 3.8) is 0 Å². The highest BCUT2D eigenvalue weighted by atomic mass is 32.1. The molecule has 1 saturated heterocycles. The lowest BCUT2D eigenvalue weighted by Crippen LogP contribution is -2.45. The Morgan fingerprint density at radius 2 is 2.19 bits per heavy atom. The number of hydrogen-bond donors (Lipinski definition) is 1. The predicted octanol–water partition coefficient (Wildman–Crippen LogP) is 3.96. The van der Waals surface area contributed by atoms with E-state index in [1.807, 2.05) is 6.92 Å². The third kappa shape index (κ3) is 3.50. The van der Waals surface area contributed by atoms with Crippen LogP contribution in [0.2, 0.25) is 0 Å². The lowest BCUT2D eigenvalue weighted by atomic mass is 9.92. The lowest BCUT2D eigenvalue weighted by Gasteiger charge is -2.35. The number of carbonyl (C=O) groups excluding carboxylic acids is 1. The van der Waals surface area contributed by atoms with Crippen molar-refractivity contribution >= 4 is 17.2 Å². The third-order valence-electron chi connectivity index (χ3n) is 4.74. The van der Waals surface area contributed by atoms with E-state index < -0.39 is 18.0 Å². The maximum atomic E-state index is 12.8. The largest absolute Gasteiger partial charge is 0.452 e. The van der Waals surface area contributed by atoms with Gasteiger partial charge >= 0.3 is 6.18 Å². The summed E-state index contributed by atoms with van der Waals surface area (Å²) in [5, 5.41) is 13.5. The lowest BCUT2D eigenvalue weighted by molar-refractivity contribution is -0.156. The Morgan fingerprint density at radius 1 is 1.46 bits per heavy atom. The van der Waals surface area contributed by atoms with Gasteiger partial charge in [-0.3, -0.25) is 4.79 Å². The molecule has 5 nitrogen and oxygen atoms in total. The second kappa shape index (κ2) is 7.03. The van der Waals surface area contributed by atoms with Crippen LogP contribution in [0, 0.1) is 12.8 Å². The molecule has 2 aromatic heterocycles. The first-order valence-electron chi connectivity index (χ1n) is 8.33. The second-order valence-corrected chi connectivity index (χ2v) is 7.51. The number of carbonyl (C=O) groups is 1. The summed E-state index contributed by atoms with van der Waals surface area (Å²) < 4.78 is 43.0. The molecule has 0 unspecified atom stereocenters. The number of piperidine rings is 1. The van der Waals surface area contributed by atoms with Gasteiger partial charge in [0.15, 0.2) is 0 Å².